The van der Waals surface area contributed by atoms with Gasteiger partial charge >= 0.3 is 5.97 Å². The first-order chi connectivity index (χ1) is 12.5. The molecule has 0 aliphatic heterocycles. The normalized spacial score (nSPS) is 11.0. The van der Waals surface area contributed by atoms with Gasteiger partial charge in [-0.05, 0) is 24.3 Å². The fourth-order valence-electron chi connectivity index (χ4n) is 2.84. The van der Waals surface area contributed by atoms with Crippen LogP contribution < -0.4 is 0 Å². The zero-order valence-corrected chi connectivity index (χ0v) is 14.8. The van der Waals surface area contributed by atoms with Gasteiger partial charge in [0.15, 0.2) is 5.65 Å². The minimum atomic E-state index is -1.13. The molecule has 2 heterocycles. The highest BCUT2D eigenvalue weighted by Crippen LogP contribution is 2.32. The van der Waals surface area contributed by atoms with Crippen molar-refractivity contribution in [1.82, 2.24) is 15.2 Å². The van der Waals surface area contributed by atoms with Crippen molar-refractivity contribution in [3.63, 3.8) is 0 Å². The molecule has 0 unspecified atom stereocenters. The molecule has 0 atom stereocenters. The number of carboxylic acid groups (broad SMARTS) is 1. The van der Waals surface area contributed by atoms with E-state index < -0.39 is 11.8 Å². The maximum Gasteiger partial charge on any atom is 0.336 e. The average molecular weight is 412 g/mol. The number of aromatic carboxylic acids is 1. The fraction of sp³-hybridized carbons (Fsp3) is 0. The molecule has 0 aliphatic rings. The SMILES string of the molecule is O=C(O)c1cc(-c2cc(Br)ccc2F)nc2n[nH]c(-c3ccccc3)c12. The summed E-state index contributed by atoms with van der Waals surface area (Å²) in [7, 11) is 0. The standard InChI is InChI=1S/C19H11BrFN3O2/c20-11-6-7-14(21)12(8-11)15-9-13(19(25)26)16-17(23-24-18(16)22-15)10-4-2-1-3-5-10/h1-9H,(H,25,26)(H,22,23,24). The number of rotatable bonds is 3. The molecular formula is C19H11BrFN3O2. The van der Waals surface area contributed by atoms with Crippen molar-refractivity contribution >= 4 is 32.9 Å². The molecule has 0 radical (unpaired) electrons. The van der Waals surface area contributed by atoms with E-state index >= 15 is 0 Å². The number of carboxylic acids is 1. The Morgan fingerprint density at radius 2 is 1.88 bits per heavy atom. The molecule has 4 aromatic rings. The molecule has 0 aliphatic carbocycles. The van der Waals surface area contributed by atoms with Crippen LogP contribution in [0.25, 0.3) is 33.5 Å². The summed E-state index contributed by atoms with van der Waals surface area (Å²) in [6, 6.07) is 15.1. The molecule has 0 saturated carbocycles. The largest absolute Gasteiger partial charge is 0.478 e. The number of fused-ring (bicyclic) bond motifs is 1. The zero-order valence-electron chi connectivity index (χ0n) is 13.2. The van der Waals surface area contributed by atoms with Gasteiger partial charge in [-0.1, -0.05) is 46.3 Å². The summed E-state index contributed by atoms with van der Waals surface area (Å²) in [5.74, 6) is -1.62. The zero-order chi connectivity index (χ0) is 18.3. The highest BCUT2D eigenvalue weighted by Gasteiger charge is 2.20. The summed E-state index contributed by atoms with van der Waals surface area (Å²) in [6.07, 6.45) is 0. The van der Waals surface area contributed by atoms with Crippen LogP contribution >= 0.6 is 15.9 Å². The monoisotopic (exact) mass is 411 g/mol. The van der Waals surface area contributed by atoms with E-state index in [0.29, 0.717) is 15.6 Å². The van der Waals surface area contributed by atoms with E-state index in [0.717, 1.165) is 5.56 Å². The number of halogens is 2. The fourth-order valence-corrected chi connectivity index (χ4v) is 3.20. The Kier molecular flexibility index (Phi) is 4.00. The molecule has 2 aromatic carbocycles. The Morgan fingerprint density at radius 1 is 1.12 bits per heavy atom. The summed E-state index contributed by atoms with van der Waals surface area (Å²) >= 11 is 3.29. The molecule has 0 bridgehead atoms. The molecule has 2 N–H and O–H groups in total. The van der Waals surface area contributed by atoms with E-state index in [-0.39, 0.29) is 22.5 Å². The van der Waals surface area contributed by atoms with Crippen molar-refractivity contribution in [2.75, 3.05) is 0 Å². The van der Waals surface area contributed by atoms with E-state index in [1.54, 1.807) is 12.1 Å². The van der Waals surface area contributed by atoms with Gasteiger partial charge in [0.25, 0.3) is 0 Å². The molecule has 26 heavy (non-hydrogen) atoms. The summed E-state index contributed by atoms with van der Waals surface area (Å²) in [5, 5.41) is 17.1. The van der Waals surface area contributed by atoms with E-state index in [4.69, 9.17) is 0 Å². The minimum Gasteiger partial charge on any atom is -0.478 e. The number of nitrogens with one attached hydrogen (secondary N) is 1. The quantitative estimate of drug-likeness (QED) is 0.502. The lowest BCUT2D eigenvalue weighted by Gasteiger charge is -2.07. The first-order valence-electron chi connectivity index (χ1n) is 7.68. The molecule has 5 nitrogen and oxygen atoms in total. The number of pyridine rings is 1. The van der Waals surface area contributed by atoms with Crippen molar-refractivity contribution in [3.05, 3.63) is 70.5 Å². The van der Waals surface area contributed by atoms with Gasteiger partial charge < -0.3 is 5.11 Å². The second-order valence-corrected chi connectivity index (χ2v) is 6.56. The van der Waals surface area contributed by atoms with E-state index in [9.17, 15) is 14.3 Å². The molecule has 2 aromatic heterocycles. The number of aromatic nitrogens is 3. The van der Waals surface area contributed by atoms with Gasteiger partial charge in [-0.3, -0.25) is 5.10 Å². The summed E-state index contributed by atoms with van der Waals surface area (Å²) < 4.78 is 14.9. The van der Waals surface area contributed by atoms with Gasteiger partial charge in [0.05, 0.1) is 22.3 Å². The average Bonchev–Trinajstić information content (AvgIpc) is 3.07. The first kappa shape index (κ1) is 16.4. The van der Waals surface area contributed by atoms with Crippen molar-refractivity contribution in [3.8, 4) is 22.5 Å². The third kappa shape index (κ3) is 2.76. The van der Waals surface area contributed by atoms with E-state index in [1.807, 2.05) is 30.3 Å². The van der Waals surface area contributed by atoms with Crippen LogP contribution in [0.1, 0.15) is 10.4 Å². The lowest BCUT2D eigenvalue weighted by atomic mass is 10.0. The smallest absolute Gasteiger partial charge is 0.336 e. The second-order valence-electron chi connectivity index (χ2n) is 5.65. The second kappa shape index (κ2) is 6.34. The van der Waals surface area contributed by atoms with Crippen molar-refractivity contribution in [2.45, 2.75) is 0 Å². The Balaban J connectivity index is 2.00. The van der Waals surface area contributed by atoms with Crippen LogP contribution in [-0.4, -0.2) is 26.3 Å². The minimum absolute atomic E-state index is 0.0111. The Labute approximate surface area is 155 Å². The van der Waals surface area contributed by atoms with Gasteiger partial charge in [-0.2, -0.15) is 5.10 Å². The first-order valence-corrected chi connectivity index (χ1v) is 8.47. The molecule has 0 saturated heterocycles. The topological polar surface area (TPSA) is 78.9 Å². The maximum atomic E-state index is 14.2. The lowest BCUT2D eigenvalue weighted by molar-refractivity contribution is 0.0699. The third-order valence-corrected chi connectivity index (χ3v) is 4.51. The molecule has 7 heteroatoms. The number of aromatic amines is 1. The maximum absolute atomic E-state index is 14.2. The van der Waals surface area contributed by atoms with Gasteiger partial charge in [0.1, 0.15) is 5.82 Å². The van der Waals surface area contributed by atoms with Gasteiger partial charge in [0.2, 0.25) is 0 Å². The van der Waals surface area contributed by atoms with Crippen LogP contribution in [0, 0.1) is 5.82 Å². The van der Waals surface area contributed by atoms with Gasteiger partial charge in [-0.25, -0.2) is 14.2 Å². The molecular weight excluding hydrogens is 401 g/mol. The number of nitrogens with zero attached hydrogens (tertiary/aromatic N) is 2. The van der Waals surface area contributed by atoms with Crippen LogP contribution in [0.4, 0.5) is 4.39 Å². The van der Waals surface area contributed by atoms with Crippen LogP contribution in [0.2, 0.25) is 0 Å². The van der Waals surface area contributed by atoms with Crippen LogP contribution in [0.15, 0.2) is 59.1 Å². The number of H-pyrrole nitrogens is 1. The Bertz CT molecular complexity index is 1140. The predicted octanol–water partition coefficient (Wildman–Crippen LogP) is 4.89. The molecule has 0 fully saturated rings. The summed E-state index contributed by atoms with van der Waals surface area (Å²) in [6.45, 7) is 0. The molecule has 0 spiro atoms. The van der Waals surface area contributed by atoms with Gasteiger partial charge in [-0.15, -0.1) is 0 Å². The number of hydrogen-bond acceptors (Lipinski definition) is 3. The van der Waals surface area contributed by atoms with Gasteiger partial charge in [0, 0.05) is 15.6 Å². The van der Waals surface area contributed by atoms with Crippen LogP contribution in [-0.2, 0) is 0 Å². The van der Waals surface area contributed by atoms with Crippen molar-refractivity contribution in [1.29, 1.82) is 0 Å². The number of hydrogen-bond donors (Lipinski definition) is 2. The van der Waals surface area contributed by atoms with Crippen LogP contribution in [0.5, 0.6) is 0 Å². The molecule has 128 valence electrons. The molecule has 0 amide bonds. The third-order valence-electron chi connectivity index (χ3n) is 4.02. The van der Waals surface area contributed by atoms with Crippen molar-refractivity contribution < 1.29 is 14.3 Å². The lowest BCUT2D eigenvalue weighted by Crippen LogP contribution is -2.01. The number of benzene rings is 2. The highest BCUT2D eigenvalue weighted by atomic mass is 79.9. The van der Waals surface area contributed by atoms with E-state index in [1.165, 1.54) is 12.1 Å². The van der Waals surface area contributed by atoms with E-state index in [2.05, 4.69) is 31.1 Å². The summed E-state index contributed by atoms with van der Waals surface area (Å²) in [4.78, 5) is 16.2. The highest BCUT2D eigenvalue weighted by molar-refractivity contribution is 9.10. The van der Waals surface area contributed by atoms with Crippen LogP contribution in [0.3, 0.4) is 0 Å². The number of carbonyl (C=O) groups is 1. The van der Waals surface area contributed by atoms with Crippen molar-refractivity contribution in [2.24, 2.45) is 0 Å². The Morgan fingerprint density at radius 3 is 2.62 bits per heavy atom. The Hall–Kier alpha value is -3.06. The predicted molar refractivity (Wildman–Crippen MR) is 99.4 cm³/mol. The molecule has 4 rings (SSSR count). The summed E-state index contributed by atoms with van der Waals surface area (Å²) in [5.41, 5.74) is 2.00.